The number of alkyl halides is 1. The van der Waals surface area contributed by atoms with Crippen LogP contribution in [-0.4, -0.2) is 65.3 Å². The average molecular weight is 457 g/mol. The molecule has 0 radical (unpaired) electrons. The minimum absolute atomic E-state index is 0.0299. The van der Waals surface area contributed by atoms with Crippen LogP contribution in [0.15, 0.2) is 0 Å². The largest absolute Gasteiger partial charge is 0.354 e. The van der Waals surface area contributed by atoms with E-state index in [2.05, 4.69) is 34.7 Å². The Bertz CT molecular complexity index is 424. The molecule has 0 saturated carbocycles. The third kappa shape index (κ3) is 8.27. The van der Waals surface area contributed by atoms with Crippen LogP contribution >= 0.6 is 22.6 Å². The molecule has 2 unspecified atom stereocenters. The Kier molecular flexibility index (Phi) is 10.2. The minimum Gasteiger partial charge on any atom is -0.354 e. The number of piperidine rings is 1. The number of amides is 3. The van der Waals surface area contributed by atoms with Gasteiger partial charge < -0.3 is 16.0 Å². The normalized spacial score (nSPS) is 21.1. The zero-order valence-electron chi connectivity index (χ0n) is 14.6. The van der Waals surface area contributed by atoms with Crippen LogP contribution in [0, 0.1) is 0 Å². The van der Waals surface area contributed by atoms with Gasteiger partial charge in [-0.1, -0.05) is 29.0 Å². The van der Waals surface area contributed by atoms with Gasteiger partial charge in [0.15, 0.2) is 0 Å². The topological polar surface area (TPSA) is 90.5 Å². The van der Waals surface area contributed by atoms with Crippen LogP contribution in [0.4, 0.5) is 0 Å². The highest BCUT2D eigenvalue weighted by Gasteiger charge is 2.26. The Morgan fingerprint density at radius 1 is 0.917 bits per heavy atom. The molecule has 1 heterocycles. The summed E-state index contributed by atoms with van der Waals surface area (Å²) in [5, 5.41) is 8.20. The maximum absolute atomic E-state index is 12.0. The molecule has 3 amide bonds. The van der Waals surface area contributed by atoms with Crippen LogP contribution in [-0.2, 0) is 14.4 Å². The highest BCUT2D eigenvalue weighted by atomic mass is 127. The fraction of sp³-hybridized carbons (Fsp3) is 0.812. The molecular weight excluding hydrogens is 428 g/mol. The van der Waals surface area contributed by atoms with E-state index in [1.165, 1.54) is 6.42 Å². The Labute approximate surface area is 157 Å². The number of likely N-dealkylation sites (tertiary alicyclic amines) is 1. The van der Waals surface area contributed by atoms with E-state index in [9.17, 15) is 14.4 Å². The van der Waals surface area contributed by atoms with E-state index in [-0.39, 0.29) is 24.1 Å². The van der Waals surface area contributed by atoms with E-state index in [4.69, 9.17) is 0 Å². The maximum atomic E-state index is 12.0. The van der Waals surface area contributed by atoms with Gasteiger partial charge in [-0.3, -0.25) is 19.3 Å². The monoisotopic (exact) mass is 457 g/mol. The second-order valence-corrected chi connectivity index (χ2v) is 7.00. The van der Waals surface area contributed by atoms with Gasteiger partial charge in [0.25, 0.3) is 0 Å². The average Bonchev–Trinajstić information content (AvgIpc) is 2.55. The van der Waals surface area contributed by atoms with E-state index in [0.29, 0.717) is 42.7 Å². The van der Waals surface area contributed by atoms with Gasteiger partial charge >= 0.3 is 0 Å². The maximum Gasteiger partial charge on any atom is 0.234 e. The highest BCUT2D eigenvalue weighted by Crippen LogP contribution is 2.21. The summed E-state index contributed by atoms with van der Waals surface area (Å²) in [6.45, 7) is 5.87. The molecule has 1 aliphatic rings. The quantitative estimate of drug-likeness (QED) is 0.154. The molecule has 138 valence electrons. The van der Waals surface area contributed by atoms with Crippen molar-refractivity contribution in [2.75, 3.05) is 30.6 Å². The lowest BCUT2D eigenvalue weighted by Crippen LogP contribution is -2.49. The van der Waals surface area contributed by atoms with Crippen molar-refractivity contribution >= 4 is 40.3 Å². The molecule has 0 spiro atoms. The van der Waals surface area contributed by atoms with E-state index in [1.54, 1.807) is 0 Å². The first-order valence-electron chi connectivity index (χ1n) is 8.55. The Morgan fingerprint density at radius 2 is 1.46 bits per heavy atom. The van der Waals surface area contributed by atoms with Crippen molar-refractivity contribution in [3.05, 3.63) is 0 Å². The summed E-state index contributed by atoms with van der Waals surface area (Å²) in [5.74, 6) is -0.199. The SMILES string of the molecule is CC1CCCC(C)[15N]1C[13C](=O)N[13CH2][13CH2][13C](=O)NCCNC(=O)CI. The first-order valence-corrected chi connectivity index (χ1v) is 10.1. The van der Waals surface area contributed by atoms with Gasteiger partial charge in [-0.25, -0.2) is 0 Å². The van der Waals surface area contributed by atoms with Gasteiger partial charge in [0.1, 0.15) is 0 Å². The standard InChI is InChI=1S/C16H29IN4O3/c1-12-4-3-5-13(2)21(12)11-16(24)18-7-6-14(22)19-8-9-20-15(23)10-17/h12-13H,3-11H2,1-2H3,(H,18,24)(H,19,22)(H,20,23)/i6+1,7+1,14+1,16+1,21+1. The van der Waals surface area contributed by atoms with Gasteiger partial charge in [-0.15, -0.1) is 0 Å². The summed E-state index contributed by atoms with van der Waals surface area (Å²) < 4.78 is 0.409. The fourth-order valence-electron chi connectivity index (χ4n) is 2.86. The molecule has 2 atom stereocenters. The summed E-state index contributed by atoms with van der Waals surface area (Å²) in [5.41, 5.74) is 0. The van der Waals surface area contributed by atoms with Crippen LogP contribution in [0.5, 0.6) is 0 Å². The van der Waals surface area contributed by atoms with Crippen molar-refractivity contribution in [1.82, 2.24) is 20.9 Å². The number of nitrogens with one attached hydrogen (secondary N) is 3. The fourth-order valence-corrected chi connectivity index (χ4v) is 3.13. The van der Waals surface area contributed by atoms with E-state index in [0.717, 1.165) is 12.8 Å². The van der Waals surface area contributed by atoms with Gasteiger partial charge in [-0.05, 0) is 26.7 Å². The third-order valence-electron chi connectivity index (χ3n) is 4.27. The van der Waals surface area contributed by atoms with Gasteiger partial charge in [0.2, 0.25) is 17.7 Å². The van der Waals surface area contributed by atoms with E-state index < -0.39 is 0 Å². The van der Waals surface area contributed by atoms with E-state index >= 15 is 0 Å². The van der Waals surface area contributed by atoms with Crippen molar-refractivity contribution < 1.29 is 14.4 Å². The molecule has 0 aliphatic carbocycles. The van der Waals surface area contributed by atoms with Crippen LogP contribution in [0.1, 0.15) is 39.5 Å². The summed E-state index contributed by atoms with van der Waals surface area (Å²) >= 11 is 1.98. The predicted molar refractivity (Wildman–Crippen MR) is 102 cm³/mol. The number of carbonyl (C=O) groups excluding carboxylic acids is 3. The van der Waals surface area contributed by atoms with Crippen molar-refractivity contribution in [2.45, 2.75) is 51.6 Å². The molecule has 24 heavy (non-hydrogen) atoms. The van der Waals surface area contributed by atoms with Crippen molar-refractivity contribution in [3.8, 4) is 0 Å². The van der Waals surface area contributed by atoms with Crippen LogP contribution < -0.4 is 16.0 Å². The molecule has 8 heteroatoms. The number of nitrogens with zero attached hydrogens (tertiary/aromatic N) is 1. The molecular formula is C16H29IN4O3. The number of halogens is 1. The lowest BCUT2D eigenvalue weighted by atomic mass is 10.0. The van der Waals surface area contributed by atoms with Crippen LogP contribution in [0.3, 0.4) is 0 Å². The summed E-state index contributed by atoms with van der Waals surface area (Å²) in [6, 6.07) is 0.862. The second-order valence-electron chi connectivity index (χ2n) is 6.23. The molecule has 0 aromatic heterocycles. The van der Waals surface area contributed by atoms with Crippen LogP contribution in [0.2, 0.25) is 0 Å². The molecule has 7 nitrogen and oxygen atoms in total. The van der Waals surface area contributed by atoms with E-state index in [1.807, 2.05) is 22.6 Å². The first kappa shape index (κ1) is 21.1. The lowest BCUT2D eigenvalue weighted by Gasteiger charge is -2.38. The van der Waals surface area contributed by atoms with Crippen molar-refractivity contribution in [1.29, 1.82) is 0 Å². The summed E-state index contributed by atoms with van der Waals surface area (Å²) in [4.78, 5) is 36.9. The first-order chi connectivity index (χ1) is 11.4. The number of rotatable bonds is 9. The Morgan fingerprint density at radius 3 is 2.04 bits per heavy atom. The molecule has 1 saturated heterocycles. The Hall–Kier alpha value is -0.900. The molecule has 3 N–H and O–H groups in total. The molecule has 0 bridgehead atoms. The third-order valence-corrected chi connectivity index (χ3v) is 4.96. The minimum atomic E-state index is -0.126. The van der Waals surface area contributed by atoms with Gasteiger partial charge in [-0.2, -0.15) is 0 Å². The molecule has 1 aliphatic heterocycles. The zero-order chi connectivity index (χ0) is 17.9. The van der Waals surface area contributed by atoms with Gasteiger partial charge in [0, 0.05) is 38.1 Å². The summed E-state index contributed by atoms with van der Waals surface area (Å²) in [7, 11) is 0. The molecule has 0 aromatic rings. The smallest absolute Gasteiger partial charge is 0.234 e. The van der Waals surface area contributed by atoms with Crippen LogP contribution in [0.25, 0.3) is 0 Å². The number of carbonyl (C=O) groups is 3. The highest BCUT2D eigenvalue weighted by molar-refractivity contribution is 14.1. The number of hydrogen-bond acceptors (Lipinski definition) is 4. The molecule has 1 rings (SSSR count). The number of hydrogen-bond donors (Lipinski definition) is 3. The molecule has 0 aromatic carbocycles. The molecule has 1 fully saturated rings. The predicted octanol–water partition coefficient (Wildman–Crippen LogP) is 0.423. The Balaban J connectivity index is 2.11. The lowest BCUT2D eigenvalue weighted by molar-refractivity contribution is -0.124. The van der Waals surface area contributed by atoms with Crippen molar-refractivity contribution in [3.63, 3.8) is 0 Å². The summed E-state index contributed by atoms with van der Waals surface area (Å²) in [6.07, 6.45) is 3.73. The second kappa shape index (κ2) is 11.6. The van der Waals surface area contributed by atoms with Crippen molar-refractivity contribution in [2.24, 2.45) is 0 Å². The zero-order valence-corrected chi connectivity index (χ0v) is 16.7. The van der Waals surface area contributed by atoms with Gasteiger partial charge in [0.05, 0.1) is 11.0 Å².